The molecule has 0 aliphatic rings. The molecule has 0 aliphatic carbocycles. The molecule has 3 nitrogen and oxygen atoms in total. The van der Waals surface area contributed by atoms with Gasteiger partial charge in [0.1, 0.15) is 0 Å². The topological polar surface area (TPSA) is 46.2 Å². The number of amides is 1. The van der Waals surface area contributed by atoms with Gasteiger partial charge in [0.05, 0.1) is 4.83 Å². The van der Waals surface area contributed by atoms with E-state index in [0.717, 1.165) is 24.9 Å². The molecule has 0 spiro atoms. The van der Waals surface area contributed by atoms with Crippen LogP contribution in [0.25, 0.3) is 0 Å². The summed E-state index contributed by atoms with van der Waals surface area (Å²) in [6.07, 6.45) is 3.19. The summed E-state index contributed by atoms with van der Waals surface area (Å²) in [7, 11) is 0. The van der Waals surface area contributed by atoms with Gasteiger partial charge in [0, 0.05) is 17.7 Å². The first-order valence-corrected chi connectivity index (χ1v) is 7.58. The number of unbranched alkanes of at least 4 members (excludes halogenated alkanes) is 1. The van der Waals surface area contributed by atoms with Crippen LogP contribution in [0.5, 0.6) is 0 Å². The smallest absolute Gasteiger partial charge is 0.224 e. The molecule has 1 aromatic carbocycles. The van der Waals surface area contributed by atoms with Crippen LogP contribution in [-0.2, 0) is 4.79 Å². The summed E-state index contributed by atoms with van der Waals surface area (Å²) in [5.74, 6) is 0.0965. The molecule has 1 amide bonds. The minimum atomic E-state index is -0.141. The van der Waals surface area contributed by atoms with Crippen LogP contribution in [0, 0.1) is 0 Å². The van der Waals surface area contributed by atoms with Crippen molar-refractivity contribution in [3.05, 3.63) is 29.8 Å². The van der Waals surface area contributed by atoms with Gasteiger partial charge in [-0.3, -0.25) is 9.59 Å². The van der Waals surface area contributed by atoms with Crippen LogP contribution in [-0.4, -0.2) is 16.5 Å². The second kappa shape index (κ2) is 8.10. The van der Waals surface area contributed by atoms with Gasteiger partial charge < -0.3 is 5.32 Å². The van der Waals surface area contributed by atoms with E-state index in [1.54, 1.807) is 24.3 Å². The zero-order valence-electron chi connectivity index (χ0n) is 11.4. The Morgan fingerprint density at radius 3 is 2.37 bits per heavy atom. The van der Waals surface area contributed by atoms with E-state index in [0.29, 0.717) is 12.0 Å². The maximum absolute atomic E-state index is 11.9. The van der Waals surface area contributed by atoms with E-state index in [1.807, 2.05) is 6.92 Å². The lowest BCUT2D eigenvalue weighted by Crippen LogP contribution is -2.14. The van der Waals surface area contributed by atoms with Gasteiger partial charge in [-0.1, -0.05) is 36.2 Å². The van der Waals surface area contributed by atoms with Crippen molar-refractivity contribution >= 4 is 33.3 Å². The number of hydrogen-bond acceptors (Lipinski definition) is 2. The SMILES string of the molecule is CCCCC(=O)Nc1ccc(C(=O)C(Br)CC)cc1. The molecule has 1 N–H and O–H groups in total. The first kappa shape index (κ1) is 15.9. The molecule has 0 aliphatic heterocycles. The van der Waals surface area contributed by atoms with Crippen LogP contribution < -0.4 is 5.32 Å². The highest BCUT2D eigenvalue weighted by Gasteiger charge is 2.14. The fourth-order valence-corrected chi connectivity index (χ4v) is 1.91. The summed E-state index contributed by atoms with van der Waals surface area (Å²) in [5, 5.41) is 2.82. The third-order valence-corrected chi connectivity index (χ3v) is 3.92. The molecule has 0 radical (unpaired) electrons. The number of alkyl halides is 1. The Morgan fingerprint density at radius 2 is 1.84 bits per heavy atom. The molecule has 104 valence electrons. The molecular weight excluding hydrogens is 306 g/mol. The normalized spacial score (nSPS) is 11.9. The highest BCUT2D eigenvalue weighted by molar-refractivity contribution is 9.10. The highest BCUT2D eigenvalue weighted by Crippen LogP contribution is 2.16. The van der Waals surface area contributed by atoms with Gasteiger partial charge in [-0.05, 0) is 37.1 Å². The third kappa shape index (κ3) is 5.15. The minimum absolute atomic E-state index is 0.0212. The Morgan fingerprint density at radius 1 is 1.21 bits per heavy atom. The second-order valence-electron chi connectivity index (χ2n) is 4.47. The van der Waals surface area contributed by atoms with E-state index in [4.69, 9.17) is 0 Å². The van der Waals surface area contributed by atoms with Crippen molar-refractivity contribution in [2.75, 3.05) is 5.32 Å². The van der Waals surface area contributed by atoms with E-state index in [2.05, 4.69) is 28.2 Å². The van der Waals surface area contributed by atoms with Gasteiger partial charge >= 0.3 is 0 Å². The fourth-order valence-electron chi connectivity index (χ4n) is 1.64. The highest BCUT2D eigenvalue weighted by atomic mass is 79.9. The Kier molecular flexibility index (Phi) is 6.78. The number of nitrogens with one attached hydrogen (secondary N) is 1. The number of benzene rings is 1. The molecule has 0 bridgehead atoms. The number of Topliss-reactive ketones (excluding diaryl/α,β-unsaturated/α-hetero) is 1. The molecule has 0 fully saturated rings. The van der Waals surface area contributed by atoms with Crippen molar-refractivity contribution in [2.45, 2.75) is 44.4 Å². The average molecular weight is 326 g/mol. The Labute approximate surface area is 122 Å². The van der Waals surface area contributed by atoms with Gasteiger partial charge in [0.25, 0.3) is 0 Å². The van der Waals surface area contributed by atoms with E-state index in [9.17, 15) is 9.59 Å². The second-order valence-corrected chi connectivity index (χ2v) is 5.57. The zero-order valence-corrected chi connectivity index (χ0v) is 13.0. The maximum Gasteiger partial charge on any atom is 0.224 e. The number of rotatable bonds is 7. The number of ketones is 1. The van der Waals surface area contributed by atoms with E-state index < -0.39 is 0 Å². The van der Waals surface area contributed by atoms with Crippen LogP contribution in [0.3, 0.4) is 0 Å². The Bertz CT molecular complexity index is 428. The van der Waals surface area contributed by atoms with Gasteiger partial charge in [0.15, 0.2) is 5.78 Å². The number of hydrogen-bond donors (Lipinski definition) is 1. The van der Waals surface area contributed by atoms with Crippen molar-refractivity contribution in [3.8, 4) is 0 Å². The van der Waals surface area contributed by atoms with Crippen molar-refractivity contribution in [3.63, 3.8) is 0 Å². The number of carbonyl (C=O) groups excluding carboxylic acids is 2. The van der Waals surface area contributed by atoms with Crippen LogP contribution in [0.15, 0.2) is 24.3 Å². The summed E-state index contributed by atoms with van der Waals surface area (Å²) in [4.78, 5) is 23.3. The third-order valence-electron chi connectivity index (χ3n) is 2.85. The Hall–Kier alpha value is -1.16. The first-order chi connectivity index (χ1) is 9.08. The molecular formula is C15H20BrNO2. The first-order valence-electron chi connectivity index (χ1n) is 6.66. The van der Waals surface area contributed by atoms with Gasteiger partial charge in [-0.15, -0.1) is 0 Å². The van der Waals surface area contributed by atoms with Crippen LogP contribution in [0.1, 0.15) is 49.9 Å². The summed E-state index contributed by atoms with van der Waals surface area (Å²) >= 11 is 3.35. The van der Waals surface area contributed by atoms with Crippen molar-refractivity contribution in [2.24, 2.45) is 0 Å². The Balaban J connectivity index is 2.61. The average Bonchev–Trinajstić information content (AvgIpc) is 2.44. The molecule has 1 aromatic rings. The van der Waals surface area contributed by atoms with Gasteiger partial charge in [-0.25, -0.2) is 0 Å². The zero-order chi connectivity index (χ0) is 14.3. The van der Waals surface area contributed by atoms with Crippen LogP contribution >= 0.6 is 15.9 Å². The molecule has 0 saturated heterocycles. The minimum Gasteiger partial charge on any atom is -0.326 e. The van der Waals surface area contributed by atoms with E-state index in [1.165, 1.54) is 0 Å². The fraction of sp³-hybridized carbons (Fsp3) is 0.467. The summed E-state index contributed by atoms with van der Waals surface area (Å²) in [6, 6.07) is 7.04. The molecule has 4 heteroatoms. The predicted octanol–water partition coefficient (Wildman–Crippen LogP) is 4.17. The van der Waals surface area contributed by atoms with Crippen molar-refractivity contribution < 1.29 is 9.59 Å². The molecule has 1 atom stereocenters. The lowest BCUT2D eigenvalue weighted by Gasteiger charge is -2.08. The number of anilines is 1. The van der Waals surface area contributed by atoms with Crippen molar-refractivity contribution in [1.29, 1.82) is 0 Å². The lowest BCUT2D eigenvalue weighted by atomic mass is 10.1. The molecule has 0 saturated carbocycles. The van der Waals surface area contributed by atoms with Gasteiger partial charge in [-0.2, -0.15) is 0 Å². The largest absolute Gasteiger partial charge is 0.326 e. The maximum atomic E-state index is 11.9. The number of halogens is 1. The summed E-state index contributed by atoms with van der Waals surface area (Å²) < 4.78 is 0. The van der Waals surface area contributed by atoms with Crippen LogP contribution in [0.2, 0.25) is 0 Å². The molecule has 0 heterocycles. The lowest BCUT2D eigenvalue weighted by molar-refractivity contribution is -0.116. The van der Waals surface area contributed by atoms with E-state index in [-0.39, 0.29) is 16.5 Å². The van der Waals surface area contributed by atoms with Crippen molar-refractivity contribution in [1.82, 2.24) is 0 Å². The molecule has 1 unspecified atom stereocenters. The molecule has 1 rings (SSSR count). The molecule has 0 aromatic heterocycles. The van der Waals surface area contributed by atoms with E-state index >= 15 is 0 Å². The van der Waals surface area contributed by atoms with Gasteiger partial charge in [0.2, 0.25) is 5.91 Å². The standard InChI is InChI=1S/C15H20BrNO2/c1-3-5-6-14(18)17-12-9-7-11(8-10-12)15(19)13(16)4-2/h7-10,13H,3-6H2,1-2H3,(H,17,18). The monoisotopic (exact) mass is 325 g/mol. The number of carbonyl (C=O) groups is 2. The summed E-state index contributed by atoms with van der Waals surface area (Å²) in [5.41, 5.74) is 1.40. The van der Waals surface area contributed by atoms with Crippen LogP contribution in [0.4, 0.5) is 5.69 Å². The summed E-state index contributed by atoms with van der Waals surface area (Å²) in [6.45, 7) is 4.01. The quantitative estimate of drug-likeness (QED) is 0.604. The predicted molar refractivity (Wildman–Crippen MR) is 81.9 cm³/mol. The molecule has 19 heavy (non-hydrogen) atoms.